The average Bonchev–Trinajstić information content (AvgIpc) is 2.90. The van der Waals surface area contributed by atoms with E-state index < -0.39 is 10.0 Å². The van der Waals surface area contributed by atoms with Crippen LogP contribution in [0.4, 0.5) is 0 Å². The summed E-state index contributed by atoms with van der Waals surface area (Å²) in [4.78, 5) is 0.324. The number of thioether (sulfide) groups is 1. The van der Waals surface area contributed by atoms with Crippen LogP contribution in [0, 0.1) is 5.92 Å². The summed E-state index contributed by atoms with van der Waals surface area (Å²) in [6, 6.07) is 1.67. The smallest absolute Gasteiger partial charge is 0.242 e. The van der Waals surface area contributed by atoms with Crippen molar-refractivity contribution in [1.82, 2.24) is 9.29 Å². The fraction of sp³-hybridized carbons (Fsp3) is 0.692. The van der Waals surface area contributed by atoms with Crippen LogP contribution in [0.15, 0.2) is 17.2 Å². The van der Waals surface area contributed by atoms with Crippen molar-refractivity contribution in [3.8, 4) is 0 Å². The lowest BCUT2D eigenvalue weighted by Crippen LogP contribution is -2.30. The van der Waals surface area contributed by atoms with Crippen LogP contribution < -0.4 is 10.5 Å². The Hall–Kier alpha value is -0.500. The van der Waals surface area contributed by atoms with Gasteiger partial charge >= 0.3 is 0 Å². The zero-order valence-electron chi connectivity index (χ0n) is 11.8. The Balaban J connectivity index is 2.03. The van der Waals surface area contributed by atoms with Crippen molar-refractivity contribution in [2.75, 3.05) is 18.1 Å². The molecule has 0 amide bonds. The number of hydrogen-bond donors (Lipinski definition) is 2. The number of nitrogens with two attached hydrogens (primary N) is 1. The third kappa shape index (κ3) is 3.78. The first-order valence-corrected chi connectivity index (χ1v) is 9.67. The third-order valence-corrected chi connectivity index (χ3v) is 6.16. The first kappa shape index (κ1) is 15.9. The van der Waals surface area contributed by atoms with Crippen LogP contribution in [0.3, 0.4) is 0 Å². The highest BCUT2D eigenvalue weighted by molar-refractivity contribution is 7.99. The Kier molecular flexibility index (Phi) is 5.54. The fourth-order valence-electron chi connectivity index (χ4n) is 2.40. The number of rotatable bonds is 6. The number of nitrogens with one attached hydrogen (secondary N) is 1. The topological polar surface area (TPSA) is 77.1 Å². The number of nitrogens with zero attached hydrogens (tertiary/aromatic N) is 1. The van der Waals surface area contributed by atoms with E-state index in [1.54, 1.807) is 12.3 Å². The summed E-state index contributed by atoms with van der Waals surface area (Å²) < 4.78 is 29.2. The Morgan fingerprint density at radius 1 is 1.45 bits per heavy atom. The molecule has 3 N–H and O–H groups in total. The monoisotopic (exact) mass is 317 g/mol. The molecule has 0 saturated carbocycles. The Bertz CT molecular complexity index is 512. The Morgan fingerprint density at radius 3 is 2.70 bits per heavy atom. The quantitative estimate of drug-likeness (QED) is 0.831. The van der Waals surface area contributed by atoms with E-state index in [9.17, 15) is 8.42 Å². The Morgan fingerprint density at radius 2 is 2.15 bits per heavy atom. The van der Waals surface area contributed by atoms with Gasteiger partial charge in [-0.15, -0.1) is 0 Å². The molecule has 114 valence electrons. The molecule has 20 heavy (non-hydrogen) atoms. The highest BCUT2D eigenvalue weighted by atomic mass is 32.2. The van der Waals surface area contributed by atoms with E-state index in [0.717, 1.165) is 36.6 Å². The van der Waals surface area contributed by atoms with Gasteiger partial charge < -0.3 is 10.3 Å². The normalized spacial score (nSPS) is 17.5. The van der Waals surface area contributed by atoms with E-state index in [0.29, 0.717) is 23.9 Å². The molecule has 0 bridgehead atoms. The predicted molar refractivity (Wildman–Crippen MR) is 83.2 cm³/mol. The maximum absolute atomic E-state index is 12.3. The molecule has 0 spiro atoms. The summed E-state index contributed by atoms with van der Waals surface area (Å²) in [7, 11) is -3.41. The molecule has 2 heterocycles. The van der Waals surface area contributed by atoms with E-state index >= 15 is 0 Å². The largest absolute Gasteiger partial charge is 0.349 e. The van der Waals surface area contributed by atoms with Gasteiger partial charge in [-0.2, -0.15) is 11.8 Å². The van der Waals surface area contributed by atoms with E-state index in [2.05, 4.69) is 4.72 Å². The van der Waals surface area contributed by atoms with Gasteiger partial charge in [0.15, 0.2) is 0 Å². The van der Waals surface area contributed by atoms with Crippen molar-refractivity contribution in [2.24, 2.45) is 11.7 Å². The van der Waals surface area contributed by atoms with Gasteiger partial charge in [-0.3, -0.25) is 0 Å². The van der Waals surface area contributed by atoms with E-state index in [-0.39, 0.29) is 0 Å². The standard InChI is InChI=1S/C13H23N3O2S2/c1-2-16-10-13(7-12(16)8-14)20(17,18)15-9-11-3-5-19-6-4-11/h7,10-11,15H,2-6,8-9,14H2,1H3. The lowest BCUT2D eigenvalue weighted by molar-refractivity contribution is 0.476. The van der Waals surface area contributed by atoms with E-state index in [4.69, 9.17) is 5.73 Å². The lowest BCUT2D eigenvalue weighted by atomic mass is 10.0. The summed E-state index contributed by atoms with van der Waals surface area (Å²) in [5, 5.41) is 0. The molecule has 1 aromatic rings. The van der Waals surface area contributed by atoms with Crippen LogP contribution >= 0.6 is 11.8 Å². The van der Waals surface area contributed by atoms with Crippen molar-refractivity contribution in [3.05, 3.63) is 18.0 Å². The zero-order valence-corrected chi connectivity index (χ0v) is 13.5. The van der Waals surface area contributed by atoms with Gasteiger partial charge in [0.05, 0.1) is 4.90 Å². The molecule has 5 nitrogen and oxygen atoms in total. The summed E-state index contributed by atoms with van der Waals surface area (Å²) in [5.74, 6) is 2.74. The number of aromatic nitrogens is 1. The highest BCUT2D eigenvalue weighted by Crippen LogP contribution is 2.22. The van der Waals surface area contributed by atoms with Crippen LogP contribution in [-0.2, 0) is 23.1 Å². The maximum Gasteiger partial charge on any atom is 0.242 e. The summed E-state index contributed by atoms with van der Waals surface area (Å²) in [5.41, 5.74) is 6.48. The highest BCUT2D eigenvalue weighted by Gasteiger charge is 2.20. The van der Waals surface area contributed by atoms with E-state index in [1.807, 2.05) is 23.3 Å². The summed E-state index contributed by atoms with van der Waals surface area (Å²) >= 11 is 1.95. The molecule has 1 aliphatic rings. The van der Waals surface area contributed by atoms with Crippen LogP contribution in [0.25, 0.3) is 0 Å². The first-order valence-electron chi connectivity index (χ1n) is 7.03. The molecule has 1 aliphatic heterocycles. The lowest BCUT2D eigenvalue weighted by Gasteiger charge is -2.21. The minimum atomic E-state index is -3.41. The number of aryl methyl sites for hydroxylation is 1. The molecule has 1 aromatic heterocycles. The van der Waals surface area contributed by atoms with Gasteiger partial charge in [0.2, 0.25) is 10.0 Å². The molecule has 0 radical (unpaired) electrons. The van der Waals surface area contributed by atoms with Crippen molar-refractivity contribution in [1.29, 1.82) is 0 Å². The molecule has 0 atom stereocenters. The molecule has 2 rings (SSSR count). The van der Waals surface area contributed by atoms with Gasteiger partial charge in [0, 0.05) is 31.5 Å². The zero-order chi connectivity index (χ0) is 14.6. The first-order chi connectivity index (χ1) is 9.56. The summed E-state index contributed by atoms with van der Waals surface area (Å²) in [6.45, 7) is 3.59. The van der Waals surface area contributed by atoms with Gasteiger partial charge in [0.25, 0.3) is 0 Å². The van der Waals surface area contributed by atoms with Crippen LogP contribution in [0.2, 0.25) is 0 Å². The Labute approximate surface area is 125 Å². The molecule has 0 unspecified atom stereocenters. The molecular formula is C13H23N3O2S2. The second-order valence-corrected chi connectivity index (χ2v) is 8.06. The van der Waals surface area contributed by atoms with Gasteiger partial charge in [-0.05, 0) is 43.3 Å². The van der Waals surface area contributed by atoms with E-state index in [1.165, 1.54) is 0 Å². The van der Waals surface area contributed by atoms with Crippen LogP contribution in [0.5, 0.6) is 0 Å². The SMILES string of the molecule is CCn1cc(S(=O)(=O)NCC2CCSCC2)cc1CN. The minimum absolute atomic E-state index is 0.324. The predicted octanol–water partition coefficient (Wildman–Crippen LogP) is 1.39. The second-order valence-electron chi connectivity index (χ2n) is 5.06. The summed E-state index contributed by atoms with van der Waals surface area (Å²) in [6.07, 6.45) is 3.86. The molecule has 0 aromatic carbocycles. The minimum Gasteiger partial charge on any atom is -0.349 e. The molecule has 1 fully saturated rings. The van der Waals surface area contributed by atoms with Crippen LogP contribution in [0.1, 0.15) is 25.5 Å². The third-order valence-electron chi connectivity index (χ3n) is 3.72. The van der Waals surface area contributed by atoms with Gasteiger partial charge in [0.1, 0.15) is 0 Å². The maximum atomic E-state index is 12.3. The molecule has 0 aliphatic carbocycles. The fourth-order valence-corrected chi connectivity index (χ4v) is 4.78. The molecular weight excluding hydrogens is 294 g/mol. The van der Waals surface area contributed by atoms with Crippen molar-refractivity contribution in [2.45, 2.75) is 37.8 Å². The van der Waals surface area contributed by atoms with Gasteiger partial charge in [-0.25, -0.2) is 13.1 Å². The number of hydrogen-bond acceptors (Lipinski definition) is 4. The average molecular weight is 317 g/mol. The van der Waals surface area contributed by atoms with Crippen LogP contribution in [-0.4, -0.2) is 31.0 Å². The number of sulfonamides is 1. The van der Waals surface area contributed by atoms with Gasteiger partial charge in [-0.1, -0.05) is 0 Å². The van der Waals surface area contributed by atoms with Crippen molar-refractivity contribution >= 4 is 21.8 Å². The molecule has 7 heteroatoms. The van der Waals surface area contributed by atoms with Crippen molar-refractivity contribution < 1.29 is 8.42 Å². The molecule has 1 saturated heterocycles. The van der Waals surface area contributed by atoms with Crippen molar-refractivity contribution in [3.63, 3.8) is 0 Å². The second kappa shape index (κ2) is 6.98.